The lowest BCUT2D eigenvalue weighted by molar-refractivity contribution is 0.0342. The number of thiophene rings is 1. The first kappa shape index (κ1) is 9.62. The van der Waals surface area contributed by atoms with E-state index < -0.39 is 6.17 Å². The van der Waals surface area contributed by atoms with E-state index in [1.165, 1.54) is 4.88 Å². The number of hydrogen-bond acceptors (Lipinski definition) is 2. The van der Waals surface area contributed by atoms with Crippen LogP contribution in [0.25, 0.3) is 0 Å². The van der Waals surface area contributed by atoms with Crippen molar-refractivity contribution in [1.82, 2.24) is 4.90 Å². The Morgan fingerprint density at radius 1 is 1.62 bits per heavy atom. The molecule has 0 amide bonds. The van der Waals surface area contributed by atoms with Crippen molar-refractivity contribution >= 4 is 27.3 Å². The van der Waals surface area contributed by atoms with Crippen molar-refractivity contribution in [3.8, 4) is 0 Å². The molecular formula is C9H11BrFNS. The second kappa shape index (κ2) is 3.67. The molecule has 0 spiro atoms. The molecule has 1 unspecified atom stereocenters. The van der Waals surface area contributed by atoms with Crippen LogP contribution < -0.4 is 0 Å². The Bertz CT molecular complexity index is 296. The summed E-state index contributed by atoms with van der Waals surface area (Å²) in [6, 6.07) is 4.51. The van der Waals surface area contributed by atoms with Gasteiger partial charge in [-0.05, 0) is 35.0 Å². The van der Waals surface area contributed by atoms with Crippen LogP contribution >= 0.6 is 27.3 Å². The molecule has 1 atom stereocenters. The molecule has 1 fully saturated rings. The van der Waals surface area contributed by atoms with Gasteiger partial charge in [0.1, 0.15) is 6.17 Å². The standard InChI is InChI=1S/C9H11BrFNS/c1-6(12-4-7(11)5-12)8-2-3-9(10)13-8/h2-3,6-7H,4-5H2,1H3. The van der Waals surface area contributed by atoms with Gasteiger partial charge in [-0.3, -0.25) is 4.90 Å². The normalized spacial score (nSPS) is 21.5. The molecule has 0 aromatic carbocycles. The zero-order chi connectivity index (χ0) is 9.42. The molecule has 2 heterocycles. The van der Waals surface area contributed by atoms with E-state index in [1.54, 1.807) is 11.3 Å². The Morgan fingerprint density at radius 2 is 2.31 bits per heavy atom. The SMILES string of the molecule is CC(c1ccc(Br)s1)N1CC(F)C1. The van der Waals surface area contributed by atoms with E-state index in [0.29, 0.717) is 19.1 Å². The molecule has 1 saturated heterocycles. The Balaban J connectivity index is 2.01. The van der Waals surface area contributed by atoms with Gasteiger partial charge in [-0.15, -0.1) is 11.3 Å². The van der Waals surface area contributed by atoms with E-state index in [-0.39, 0.29) is 0 Å². The summed E-state index contributed by atoms with van der Waals surface area (Å²) in [6.07, 6.45) is -0.606. The van der Waals surface area contributed by atoms with Crippen LogP contribution in [0.15, 0.2) is 15.9 Å². The summed E-state index contributed by atoms with van der Waals surface area (Å²) in [5.41, 5.74) is 0. The minimum atomic E-state index is -0.606. The van der Waals surface area contributed by atoms with Crippen LogP contribution in [-0.4, -0.2) is 24.2 Å². The van der Waals surface area contributed by atoms with Gasteiger partial charge in [-0.25, -0.2) is 4.39 Å². The molecule has 0 bridgehead atoms. The van der Waals surface area contributed by atoms with Crippen LogP contribution in [0.5, 0.6) is 0 Å². The maximum atomic E-state index is 12.6. The highest BCUT2D eigenvalue weighted by Gasteiger charge is 2.31. The molecule has 1 aromatic heterocycles. The van der Waals surface area contributed by atoms with E-state index in [2.05, 4.69) is 33.8 Å². The Labute approximate surface area is 89.7 Å². The van der Waals surface area contributed by atoms with Gasteiger partial charge in [0.25, 0.3) is 0 Å². The average Bonchev–Trinajstić information content (AvgIpc) is 2.45. The molecule has 0 aliphatic carbocycles. The van der Waals surface area contributed by atoms with Gasteiger partial charge in [0.2, 0.25) is 0 Å². The molecule has 1 aromatic rings. The monoisotopic (exact) mass is 263 g/mol. The third-order valence-corrected chi connectivity index (χ3v) is 4.21. The minimum absolute atomic E-state index is 0.364. The van der Waals surface area contributed by atoms with E-state index in [1.807, 2.05) is 6.07 Å². The van der Waals surface area contributed by atoms with Crippen LogP contribution in [-0.2, 0) is 0 Å². The molecule has 0 N–H and O–H groups in total. The van der Waals surface area contributed by atoms with E-state index in [4.69, 9.17) is 0 Å². The quantitative estimate of drug-likeness (QED) is 0.792. The molecular weight excluding hydrogens is 253 g/mol. The van der Waals surface area contributed by atoms with Gasteiger partial charge < -0.3 is 0 Å². The van der Waals surface area contributed by atoms with Gasteiger partial charge in [-0.1, -0.05) is 0 Å². The molecule has 4 heteroatoms. The summed E-state index contributed by atoms with van der Waals surface area (Å²) in [4.78, 5) is 3.46. The van der Waals surface area contributed by atoms with Crippen LogP contribution in [0.4, 0.5) is 4.39 Å². The highest BCUT2D eigenvalue weighted by atomic mass is 79.9. The first-order valence-corrected chi connectivity index (χ1v) is 5.91. The summed E-state index contributed by atoms with van der Waals surface area (Å²) in [5, 5.41) is 0. The second-order valence-corrected chi connectivity index (χ2v) is 5.86. The number of rotatable bonds is 2. The van der Waals surface area contributed by atoms with Crippen molar-refractivity contribution in [2.24, 2.45) is 0 Å². The number of halogens is 2. The van der Waals surface area contributed by atoms with Gasteiger partial charge in [0.05, 0.1) is 3.79 Å². The topological polar surface area (TPSA) is 3.24 Å². The number of likely N-dealkylation sites (tertiary alicyclic amines) is 1. The van der Waals surface area contributed by atoms with E-state index in [9.17, 15) is 4.39 Å². The molecule has 2 rings (SSSR count). The maximum absolute atomic E-state index is 12.6. The lowest BCUT2D eigenvalue weighted by Gasteiger charge is -2.38. The van der Waals surface area contributed by atoms with Crippen molar-refractivity contribution in [3.63, 3.8) is 0 Å². The van der Waals surface area contributed by atoms with Crippen LogP contribution in [0, 0.1) is 0 Å². The predicted octanol–water partition coefficient (Wildman–Crippen LogP) is 3.23. The fourth-order valence-corrected chi connectivity index (χ4v) is 3.01. The van der Waals surface area contributed by atoms with Gasteiger partial charge in [0, 0.05) is 24.0 Å². The van der Waals surface area contributed by atoms with Crippen molar-refractivity contribution in [2.45, 2.75) is 19.1 Å². The predicted molar refractivity (Wildman–Crippen MR) is 56.9 cm³/mol. The number of alkyl halides is 1. The highest BCUT2D eigenvalue weighted by Crippen LogP contribution is 2.33. The molecule has 1 nitrogen and oxygen atoms in total. The number of nitrogens with zero attached hydrogens (tertiary/aromatic N) is 1. The summed E-state index contributed by atoms with van der Waals surface area (Å²) < 4.78 is 13.7. The fourth-order valence-electron chi connectivity index (χ4n) is 1.50. The summed E-state index contributed by atoms with van der Waals surface area (Å²) in [7, 11) is 0. The Hall–Kier alpha value is 0.0700. The molecule has 1 aliphatic heterocycles. The van der Waals surface area contributed by atoms with Gasteiger partial charge >= 0.3 is 0 Å². The van der Waals surface area contributed by atoms with Crippen molar-refractivity contribution in [2.75, 3.05) is 13.1 Å². The maximum Gasteiger partial charge on any atom is 0.125 e. The molecule has 1 aliphatic rings. The fraction of sp³-hybridized carbons (Fsp3) is 0.556. The zero-order valence-corrected chi connectivity index (χ0v) is 9.74. The largest absolute Gasteiger partial charge is 0.290 e. The zero-order valence-electron chi connectivity index (χ0n) is 7.34. The van der Waals surface area contributed by atoms with Gasteiger partial charge in [0.15, 0.2) is 0 Å². The number of hydrogen-bond donors (Lipinski definition) is 0. The molecule has 0 saturated carbocycles. The molecule has 0 radical (unpaired) electrons. The third kappa shape index (κ3) is 1.95. The first-order chi connectivity index (χ1) is 6.16. The molecule has 13 heavy (non-hydrogen) atoms. The van der Waals surface area contributed by atoms with Crippen molar-refractivity contribution in [1.29, 1.82) is 0 Å². The van der Waals surface area contributed by atoms with Crippen LogP contribution in [0.1, 0.15) is 17.8 Å². The average molecular weight is 264 g/mol. The Kier molecular flexibility index (Phi) is 2.72. The van der Waals surface area contributed by atoms with E-state index in [0.717, 1.165) is 3.79 Å². The summed E-state index contributed by atoms with van der Waals surface area (Å²) >= 11 is 5.15. The summed E-state index contributed by atoms with van der Waals surface area (Å²) in [5.74, 6) is 0. The highest BCUT2D eigenvalue weighted by molar-refractivity contribution is 9.11. The lowest BCUT2D eigenvalue weighted by Crippen LogP contribution is -2.49. The third-order valence-electron chi connectivity index (χ3n) is 2.42. The van der Waals surface area contributed by atoms with Crippen LogP contribution in [0.3, 0.4) is 0 Å². The second-order valence-electron chi connectivity index (χ2n) is 3.37. The van der Waals surface area contributed by atoms with Crippen molar-refractivity contribution < 1.29 is 4.39 Å². The minimum Gasteiger partial charge on any atom is -0.290 e. The first-order valence-electron chi connectivity index (χ1n) is 4.30. The van der Waals surface area contributed by atoms with Crippen LogP contribution in [0.2, 0.25) is 0 Å². The van der Waals surface area contributed by atoms with E-state index >= 15 is 0 Å². The summed E-state index contributed by atoms with van der Waals surface area (Å²) in [6.45, 7) is 3.32. The lowest BCUT2D eigenvalue weighted by atomic mass is 10.1. The smallest absolute Gasteiger partial charge is 0.125 e. The molecule has 72 valence electrons. The van der Waals surface area contributed by atoms with Crippen molar-refractivity contribution in [3.05, 3.63) is 20.8 Å². The van der Waals surface area contributed by atoms with Gasteiger partial charge in [-0.2, -0.15) is 0 Å². The Morgan fingerprint density at radius 3 is 2.77 bits per heavy atom.